The lowest BCUT2D eigenvalue weighted by atomic mass is 10.1. The van der Waals surface area contributed by atoms with E-state index in [1.54, 1.807) is 6.07 Å². The van der Waals surface area contributed by atoms with Crippen LogP contribution in [0, 0.1) is 16.0 Å². The van der Waals surface area contributed by atoms with Crippen molar-refractivity contribution in [1.82, 2.24) is 10.0 Å². The van der Waals surface area contributed by atoms with Gasteiger partial charge in [0.1, 0.15) is 0 Å². The van der Waals surface area contributed by atoms with Gasteiger partial charge in [-0.1, -0.05) is 18.2 Å². The number of nitro groups is 1. The molecule has 8 heteroatoms. The molecule has 0 radical (unpaired) electrons. The molecule has 0 amide bonds. The van der Waals surface area contributed by atoms with Crippen LogP contribution in [0.4, 0.5) is 5.69 Å². The predicted octanol–water partition coefficient (Wildman–Crippen LogP) is 1.01. The molecule has 1 aromatic rings. The van der Waals surface area contributed by atoms with Gasteiger partial charge in [0.25, 0.3) is 5.69 Å². The molecule has 0 bridgehead atoms. The molecular formula is C13H19N3O4S. The summed E-state index contributed by atoms with van der Waals surface area (Å²) in [5, 5.41) is 14.1. The van der Waals surface area contributed by atoms with Crippen LogP contribution >= 0.6 is 0 Å². The summed E-state index contributed by atoms with van der Waals surface area (Å²) < 4.78 is 26.5. The van der Waals surface area contributed by atoms with Gasteiger partial charge in [0.05, 0.1) is 10.7 Å². The summed E-state index contributed by atoms with van der Waals surface area (Å²) in [6, 6.07) is 5.91. The summed E-state index contributed by atoms with van der Waals surface area (Å²) in [5.41, 5.74) is 0.0420. The quantitative estimate of drug-likeness (QED) is 0.578. The largest absolute Gasteiger partial charge is 0.316 e. The first-order valence-electron chi connectivity index (χ1n) is 6.88. The number of nitro benzene ring substituents is 1. The first-order valence-corrected chi connectivity index (χ1v) is 8.53. The van der Waals surface area contributed by atoms with Crippen molar-refractivity contribution < 1.29 is 13.3 Å². The van der Waals surface area contributed by atoms with Crippen LogP contribution in [-0.4, -0.2) is 33.0 Å². The zero-order valence-electron chi connectivity index (χ0n) is 11.6. The first kappa shape index (κ1) is 15.9. The highest BCUT2D eigenvalue weighted by molar-refractivity contribution is 7.88. The summed E-state index contributed by atoms with van der Waals surface area (Å²) >= 11 is 0. The number of benzene rings is 1. The highest BCUT2D eigenvalue weighted by atomic mass is 32.2. The number of hydrogen-bond acceptors (Lipinski definition) is 5. The Morgan fingerprint density at radius 3 is 2.81 bits per heavy atom. The number of nitrogens with one attached hydrogen (secondary N) is 2. The van der Waals surface area contributed by atoms with Gasteiger partial charge in [0.2, 0.25) is 10.0 Å². The molecule has 1 heterocycles. The van der Waals surface area contributed by atoms with Gasteiger partial charge in [-0.05, 0) is 31.8 Å². The Bertz CT molecular complexity index is 597. The van der Waals surface area contributed by atoms with Crippen molar-refractivity contribution in [2.24, 2.45) is 5.92 Å². The number of rotatable bonds is 7. The summed E-state index contributed by atoms with van der Waals surface area (Å²) in [7, 11) is -3.56. The van der Waals surface area contributed by atoms with E-state index >= 15 is 0 Å². The lowest BCUT2D eigenvalue weighted by molar-refractivity contribution is -0.385. The fraction of sp³-hybridized carbons (Fsp3) is 0.538. The zero-order chi connectivity index (χ0) is 15.3. The van der Waals surface area contributed by atoms with Crippen LogP contribution in [0.15, 0.2) is 24.3 Å². The third kappa shape index (κ3) is 4.76. The van der Waals surface area contributed by atoms with E-state index < -0.39 is 14.9 Å². The second kappa shape index (κ2) is 6.97. The van der Waals surface area contributed by atoms with Crippen molar-refractivity contribution in [2.45, 2.75) is 18.6 Å². The van der Waals surface area contributed by atoms with E-state index in [4.69, 9.17) is 0 Å². The molecule has 0 aliphatic carbocycles. The Kier molecular flexibility index (Phi) is 5.27. The third-order valence-electron chi connectivity index (χ3n) is 3.57. The topological polar surface area (TPSA) is 101 Å². The van der Waals surface area contributed by atoms with Gasteiger partial charge >= 0.3 is 0 Å². The molecule has 1 saturated heterocycles. The van der Waals surface area contributed by atoms with E-state index in [1.165, 1.54) is 18.2 Å². The standard InChI is InChI=1S/C13H19N3O4S/c17-16(18)13-4-2-1-3-12(13)10-21(19,20)15-8-6-11-5-7-14-9-11/h1-4,11,14-15H,5-10H2. The van der Waals surface area contributed by atoms with E-state index in [0.717, 1.165) is 25.9 Å². The van der Waals surface area contributed by atoms with Gasteiger partial charge in [0.15, 0.2) is 0 Å². The number of para-hydroxylation sites is 1. The fourth-order valence-corrected chi connectivity index (χ4v) is 3.63. The Balaban J connectivity index is 1.92. The molecule has 0 spiro atoms. The first-order chi connectivity index (χ1) is 9.98. The Morgan fingerprint density at radius 1 is 1.38 bits per heavy atom. The van der Waals surface area contributed by atoms with Crippen molar-refractivity contribution in [3.8, 4) is 0 Å². The van der Waals surface area contributed by atoms with Crippen LogP contribution in [-0.2, 0) is 15.8 Å². The van der Waals surface area contributed by atoms with Crippen molar-refractivity contribution in [2.75, 3.05) is 19.6 Å². The Morgan fingerprint density at radius 2 is 2.14 bits per heavy atom. The van der Waals surface area contributed by atoms with Crippen molar-refractivity contribution in [3.63, 3.8) is 0 Å². The second-order valence-electron chi connectivity index (χ2n) is 5.19. The zero-order valence-corrected chi connectivity index (χ0v) is 12.4. The number of sulfonamides is 1. The molecule has 1 aliphatic heterocycles. The summed E-state index contributed by atoms with van der Waals surface area (Å²) in [6.07, 6.45) is 1.84. The smallest absolute Gasteiger partial charge is 0.273 e. The minimum absolute atomic E-state index is 0.164. The predicted molar refractivity (Wildman–Crippen MR) is 79.3 cm³/mol. The maximum absolute atomic E-state index is 12.0. The second-order valence-corrected chi connectivity index (χ2v) is 6.99. The molecule has 21 heavy (non-hydrogen) atoms. The monoisotopic (exact) mass is 313 g/mol. The van der Waals surface area contributed by atoms with Crippen LogP contribution in [0.5, 0.6) is 0 Å². The fourth-order valence-electron chi connectivity index (χ4n) is 2.45. The van der Waals surface area contributed by atoms with Crippen molar-refractivity contribution >= 4 is 15.7 Å². The molecule has 7 nitrogen and oxygen atoms in total. The van der Waals surface area contributed by atoms with Gasteiger partial charge < -0.3 is 5.32 Å². The minimum Gasteiger partial charge on any atom is -0.316 e. The number of nitrogens with zero attached hydrogens (tertiary/aromatic N) is 1. The number of hydrogen-bond donors (Lipinski definition) is 2. The van der Waals surface area contributed by atoms with Crippen molar-refractivity contribution in [3.05, 3.63) is 39.9 Å². The van der Waals surface area contributed by atoms with Crippen LogP contribution in [0.1, 0.15) is 18.4 Å². The molecular weight excluding hydrogens is 294 g/mol. The molecule has 1 unspecified atom stereocenters. The maximum Gasteiger partial charge on any atom is 0.273 e. The van der Waals surface area contributed by atoms with Gasteiger partial charge in [-0.25, -0.2) is 13.1 Å². The lowest BCUT2D eigenvalue weighted by Crippen LogP contribution is -2.28. The summed E-state index contributed by atoms with van der Waals surface area (Å²) in [6.45, 7) is 2.27. The molecule has 116 valence electrons. The maximum atomic E-state index is 12.0. The van der Waals surface area contributed by atoms with Gasteiger partial charge in [-0.2, -0.15) is 0 Å². The molecule has 0 saturated carbocycles. The molecule has 0 aromatic heterocycles. The Hall–Kier alpha value is -1.51. The molecule has 1 aliphatic rings. The van der Waals surface area contributed by atoms with Gasteiger partial charge in [-0.3, -0.25) is 10.1 Å². The van der Waals surface area contributed by atoms with E-state index in [1.807, 2.05) is 0 Å². The average Bonchev–Trinajstić information content (AvgIpc) is 2.91. The minimum atomic E-state index is -3.56. The highest BCUT2D eigenvalue weighted by Gasteiger charge is 2.20. The molecule has 1 atom stereocenters. The molecule has 1 fully saturated rings. The van der Waals surface area contributed by atoms with E-state index in [9.17, 15) is 18.5 Å². The van der Waals surface area contributed by atoms with Crippen LogP contribution in [0.25, 0.3) is 0 Å². The van der Waals surface area contributed by atoms with Crippen LogP contribution in [0.2, 0.25) is 0 Å². The molecule has 2 rings (SSSR count). The average molecular weight is 313 g/mol. The normalized spacial score (nSPS) is 18.8. The van der Waals surface area contributed by atoms with E-state index in [2.05, 4.69) is 10.0 Å². The molecule has 1 aromatic carbocycles. The van der Waals surface area contributed by atoms with Gasteiger partial charge in [0, 0.05) is 18.2 Å². The molecule has 2 N–H and O–H groups in total. The SMILES string of the molecule is O=[N+]([O-])c1ccccc1CS(=O)(=O)NCCC1CCNC1. The van der Waals surface area contributed by atoms with Crippen molar-refractivity contribution in [1.29, 1.82) is 0 Å². The lowest BCUT2D eigenvalue weighted by Gasteiger charge is -2.10. The van der Waals surface area contributed by atoms with E-state index in [0.29, 0.717) is 12.5 Å². The summed E-state index contributed by atoms with van der Waals surface area (Å²) in [4.78, 5) is 10.3. The summed E-state index contributed by atoms with van der Waals surface area (Å²) in [5.74, 6) is 0.131. The van der Waals surface area contributed by atoms with Crippen LogP contribution < -0.4 is 10.0 Å². The third-order valence-corrected chi connectivity index (χ3v) is 4.91. The van der Waals surface area contributed by atoms with E-state index in [-0.39, 0.29) is 17.0 Å². The highest BCUT2D eigenvalue weighted by Crippen LogP contribution is 2.19. The van der Waals surface area contributed by atoms with Gasteiger partial charge in [-0.15, -0.1) is 0 Å². The van der Waals surface area contributed by atoms with Crippen LogP contribution in [0.3, 0.4) is 0 Å². The Labute approximate surface area is 123 Å².